The first-order valence-corrected chi connectivity index (χ1v) is 6.39. The van der Waals surface area contributed by atoms with E-state index in [4.69, 9.17) is 9.31 Å². The van der Waals surface area contributed by atoms with E-state index in [1.165, 1.54) is 11.1 Å². The molecule has 0 amide bonds. The number of benzene rings is 2. The molecule has 0 atom stereocenters. The summed E-state index contributed by atoms with van der Waals surface area (Å²) < 4.78 is 11.8. The summed E-state index contributed by atoms with van der Waals surface area (Å²) in [4.78, 5) is 0. The lowest BCUT2D eigenvalue weighted by atomic mass is 9.70. The highest BCUT2D eigenvalue weighted by Gasteiger charge is 2.42. The van der Waals surface area contributed by atoms with Crippen molar-refractivity contribution < 1.29 is 9.31 Å². The molecular weight excluding hydrogens is 223 g/mol. The van der Waals surface area contributed by atoms with Crippen LogP contribution < -0.4 is 9.31 Å². The summed E-state index contributed by atoms with van der Waals surface area (Å²) in [5.41, 5.74) is 2.87. The molecule has 0 spiro atoms. The van der Waals surface area contributed by atoms with Gasteiger partial charge < -0.3 is 9.31 Å². The van der Waals surface area contributed by atoms with E-state index in [-0.39, 0.29) is 7.12 Å². The highest BCUT2D eigenvalue weighted by atomic mass is 16.6. The highest BCUT2D eigenvalue weighted by Crippen LogP contribution is 2.40. The lowest BCUT2D eigenvalue weighted by Crippen LogP contribution is -2.31. The van der Waals surface area contributed by atoms with Crippen molar-refractivity contribution in [2.45, 2.75) is 18.7 Å². The molecule has 1 aliphatic carbocycles. The number of hydrogen-bond acceptors (Lipinski definition) is 2. The van der Waals surface area contributed by atoms with E-state index in [1.54, 1.807) is 0 Å². The minimum Gasteiger partial charge on any atom is -0.523 e. The topological polar surface area (TPSA) is 18.5 Å². The predicted octanol–water partition coefficient (Wildman–Crippen LogP) is 3.12. The summed E-state index contributed by atoms with van der Waals surface area (Å²) in [7, 11) is -0.130. The van der Waals surface area contributed by atoms with Crippen molar-refractivity contribution >= 4 is 7.12 Å². The van der Waals surface area contributed by atoms with Crippen LogP contribution in [0.3, 0.4) is 0 Å². The van der Waals surface area contributed by atoms with Gasteiger partial charge in [0.15, 0.2) is 0 Å². The van der Waals surface area contributed by atoms with Gasteiger partial charge in [-0.25, -0.2) is 0 Å². The van der Waals surface area contributed by atoms with Crippen molar-refractivity contribution in [1.29, 1.82) is 0 Å². The van der Waals surface area contributed by atoms with Crippen LogP contribution in [0.2, 0.25) is 5.82 Å². The normalized spacial score (nSPS) is 17.0. The van der Waals surface area contributed by atoms with E-state index in [9.17, 15) is 0 Å². The molecule has 0 radical (unpaired) electrons. The van der Waals surface area contributed by atoms with Crippen molar-refractivity contribution in [3.8, 4) is 11.5 Å². The molecule has 0 saturated heterocycles. The maximum Gasteiger partial charge on any atom is 0.598 e. The van der Waals surface area contributed by atoms with Gasteiger partial charge in [0.25, 0.3) is 0 Å². The van der Waals surface area contributed by atoms with Crippen molar-refractivity contribution in [1.82, 2.24) is 0 Å². The molecule has 0 unspecified atom stereocenters. The van der Waals surface area contributed by atoms with Gasteiger partial charge in [-0.05, 0) is 36.1 Å². The number of para-hydroxylation sites is 2. The minimum absolute atomic E-state index is 0.130. The van der Waals surface area contributed by atoms with Gasteiger partial charge in [-0.2, -0.15) is 0 Å². The second-order valence-electron chi connectivity index (χ2n) is 4.99. The number of rotatable bonds is 1. The van der Waals surface area contributed by atoms with Gasteiger partial charge in [0, 0.05) is 5.82 Å². The lowest BCUT2D eigenvalue weighted by Gasteiger charge is -2.10. The molecule has 2 nitrogen and oxygen atoms in total. The summed E-state index contributed by atoms with van der Waals surface area (Å²) in [6.45, 7) is 0. The number of hydrogen-bond donors (Lipinski definition) is 0. The Morgan fingerprint density at radius 1 is 0.778 bits per heavy atom. The minimum atomic E-state index is -0.130. The van der Waals surface area contributed by atoms with Gasteiger partial charge in [-0.1, -0.05) is 36.4 Å². The maximum atomic E-state index is 5.90. The Morgan fingerprint density at radius 3 is 1.83 bits per heavy atom. The Kier molecular flexibility index (Phi) is 2.13. The van der Waals surface area contributed by atoms with Crippen LogP contribution in [-0.2, 0) is 12.8 Å². The van der Waals surface area contributed by atoms with Crippen molar-refractivity contribution in [3.05, 3.63) is 59.7 Å². The predicted molar refractivity (Wildman–Crippen MR) is 71.1 cm³/mol. The van der Waals surface area contributed by atoms with Crippen LogP contribution in [-0.4, -0.2) is 7.12 Å². The Balaban J connectivity index is 1.56. The van der Waals surface area contributed by atoms with Crippen molar-refractivity contribution in [2.75, 3.05) is 0 Å². The Morgan fingerprint density at radius 2 is 1.28 bits per heavy atom. The van der Waals surface area contributed by atoms with Gasteiger partial charge in [0.1, 0.15) is 11.5 Å². The van der Waals surface area contributed by atoms with Crippen LogP contribution in [0.15, 0.2) is 48.5 Å². The lowest BCUT2D eigenvalue weighted by molar-refractivity contribution is 0.471. The van der Waals surface area contributed by atoms with Crippen LogP contribution in [0.1, 0.15) is 11.1 Å². The molecule has 0 saturated carbocycles. The van der Waals surface area contributed by atoms with E-state index >= 15 is 0 Å². The first-order chi connectivity index (χ1) is 8.90. The van der Waals surface area contributed by atoms with E-state index in [2.05, 4.69) is 24.3 Å². The molecule has 2 aliphatic rings. The summed E-state index contributed by atoms with van der Waals surface area (Å²) in [6.07, 6.45) is 2.10. The molecule has 0 N–H and O–H groups in total. The van der Waals surface area contributed by atoms with Gasteiger partial charge in [-0.3, -0.25) is 0 Å². The van der Waals surface area contributed by atoms with Crippen molar-refractivity contribution in [2.24, 2.45) is 0 Å². The van der Waals surface area contributed by atoms with Gasteiger partial charge in [0.2, 0.25) is 0 Å². The van der Waals surface area contributed by atoms with Gasteiger partial charge in [0.05, 0.1) is 0 Å². The maximum absolute atomic E-state index is 5.90. The fourth-order valence-corrected chi connectivity index (χ4v) is 2.90. The molecule has 3 heteroatoms. The largest absolute Gasteiger partial charge is 0.598 e. The van der Waals surface area contributed by atoms with Crippen LogP contribution in [0.25, 0.3) is 0 Å². The van der Waals surface area contributed by atoms with Crippen molar-refractivity contribution in [3.63, 3.8) is 0 Å². The summed E-state index contributed by atoms with van der Waals surface area (Å²) in [5, 5.41) is 0. The molecule has 2 aromatic rings. The fourth-order valence-electron chi connectivity index (χ4n) is 2.90. The first-order valence-electron chi connectivity index (χ1n) is 6.39. The Labute approximate surface area is 107 Å². The third-order valence-electron chi connectivity index (χ3n) is 3.80. The molecule has 1 aliphatic heterocycles. The zero-order valence-electron chi connectivity index (χ0n) is 10.0. The van der Waals surface area contributed by atoms with Crippen LogP contribution in [0.5, 0.6) is 11.5 Å². The Bertz CT molecular complexity index is 493. The van der Waals surface area contributed by atoms with E-state index in [0.717, 1.165) is 24.3 Å². The molecule has 18 heavy (non-hydrogen) atoms. The zero-order chi connectivity index (χ0) is 11.9. The zero-order valence-corrected chi connectivity index (χ0v) is 10.0. The van der Waals surface area contributed by atoms with Crippen LogP contribution in [0, 0.1) is 0 Å². The third-order valence-corrected chi connectivity index (χ3v) is 3.80. The quantitative estimate of drug-likeness (QED) is 0.708. The first kappa shape index (κ1) is 10.1. The van der Waals surface area contributed by atoms with E-state index in [0.29, 0.717) is 5.82 Å². The second kappa shape index (κ2) is 3.80. The van der Waals surface area contributed by atoms with E-state index in [1.807, 2.05) is 24.3 Å². The van der Waals surface area contributed by atoms with Crippen LogP contribution >= 0.6 is 0 Å². The molecule has 2 aromatic carbocycles. The summed E-state index contributed by atoms with van der Waals surface area (Å²) in [5.74, 6) is 2.17. The summed E-state index contributed by atoms with van der Waals surface area (Å²) >= 11 is 0. The molecule has 88 valence electrons. The molecule has 4 rings (SSSR count). The Hall–Kier alpha value is -1.90. The summed E-state index contributed by atoms with van der Waals surface area (Å²) in [6, 6.07) is 16.5. The number of fused-ring (bicyclic) bond motifs is 2. The fraction of sp³-hybridized carbons (Fsp3) is 0.200. The van der Waals surface area contributed by atoms with Gasteiger partial charge >= 0.3 is 7.12 Å². The SMILES string of the molecule is c1ccc2c(c1)CC(B1Oc3ccccc3O1)C2. The third kappa shape index (κ3) is 1.51. The average Bonchev–Trinajstić information content (AvgIpc) is 3.02. The van der Waals surface area contributed by atoms with Gasteiger partial charge in [-0.15, -0.1) is 0 Å². The smallest absolute Gasteiger partial charge is 0.523 e. The standard InChI is InChI=1S/C15H13BO2/c1-2-6-12-10-13(9-11(12)5-1)16-17-14-7-3-4-8-15(14)18-16/h1-8,13H,9-10H2. The highest BCUT2D eigenvalue weighted by molar-refractivity contribution is 6.49. The molecule has 0 aromatic heterocycles. The molecule has 1 heterocycles. The molecular formula is C15H13BO2. The van der Waals surface area contributed by atoms with Crippen LogP contribution in [0.4, 0.5) is 0 Å². The second-order valence-corrected chi connectivity index (χ2v) is 4.99. The molecule has 0 fully saturated rings. The average molecular weight is 236 g/mol. The molecule has 0 bridgehead atoms. The monoisotopic (exact) mass is 236 g/mol. The van der Waals surface area contributed by atoms with E-state index < -0.39 is 0 Å².